The van der Waals surface area contributed by atoms with Crippen molar-refractivity contribution in [2.45, 2.75) is 58.8 Å². The van der Waals surface area contributed by atoms with Crippen LogP contribution in [0.4, 0.5) is 0 Å². The zero-order valence-electron chi connectivity index (χ0n) is 14.5. The normalized spacial score (nSPS) is 14.5. The van der Waals surface area contributed by atoms with Crippen molar-refractivity contribution in [3.05, 3.63) is 60.8 Å². The molecule has 0 rings (SSSR count). The van der Waals surface area contributed by atoms with E-state index in [1.165, 1.54) is 0 Å². The molecule has 0 saturated heterocycles. The second-order valence-corrected chi connectivity index (χ2v) is 5.57. The Bertz CT molecular complexity index is 358. The zero-order chi connectivity index (χ0) is 16.3. The van der Waals surface area contributed by atoms with Crippen LogP contribution in [0.25, 0.3) is 0 Å². The molecule has 0 aliphatic carbocycles. The van der Waals surface area contributed by atoms with Crippen LogP contribution in [0.15, 0.2) is 60.8 Å². The Kier molecular flexibility index (Phi) is 16.6. The molecule has 1 atom stereocenters. The molecule has 1 N–H and O–H groups in total. The largest absolute Gasteiger partial charge is 0.396 e. The summed E-state index contributed by atoms with van der Waals surface area (Å²) in [6.07, 6.45) is 29.5. The first kappa shape index (κ1) is 20.7. The van der Waals surface area contributed by atoms with Gasteiger partial charge in [0.1, 0.15) is 0 Å². The van der Waals surface area contributed by atoms with Gasteiger partial charge in [-0.3, -0.25) is 0 Å². The minimum atomic E-state index is 0.296. The van der Waals surface area contributed by atoms with Crippen LogP contribution in [0.3, 0.4) is 0 Å². The fraction of sp³-hybridized carbons (Fsp3) is 0.524. The van der Waals surface area contributed by atoms with Gasteiger partial charge in [0.25, 0.3) is 0 Å². The molecule has 0 fully saturated rings. The van der Waals surface area contributed by atoms with Crippen molar-refractivity contribution in [2.75, 3.05) is 6.61 Å². The van der Waals surface area contributed by atoms with E-state index in [2.05, 4.69) is 74.6 Å². The molecule has 0 aliphatic rings. The SMILES string of the molecule is CC/C=C\C/C=C\C/C=C\C/C=C\C/C=C\CCC(C)CO. The van der Waals surface area contributed by atoms with Crippen molar-refractivity contribution >= 4 is 0 Å². The lowest BCUT2D eigenvalue weighted by atomic mass is 10.1. The van der Waals surface area contributed by atoms with E-state index in [1.54, 1.807) is 0 Å². The lowest BCUT2D eigenvalue weighted by Gasteiger charge is -2.03. The van der Waals surface area contributed by atoms with Gasteiger partial charge in [0.15, 0.2) is 0 Å². The molecule has 0 aliphatic heterocycles. The van der Waals surface area contributed by atoms with Crippen molar-refractivity contribution in [1.29, 1.82) is 0 Å². The van der Waals surface area contributed by atoms with E-state index in [0.717, 1.165) is 44.9 Å². The van der Waals surface area contributed by atoms with Crippen molar-refractivity contribution in [2.24, 2.45) is 5.92 Å². The van der Waals surface area contributed by atoms with Gasteiger partial charge in [0, 0.05) is 6.61 Å². The Hall–Kier alpha value is -1.34. The van der Waals surface area contributed by atoms with Crippen LogP contribution in [0.1, 0.15) is 58.8 Å². The predicted octanol–water partition coefficient (Wildman–Crippen LogP) is 6.15. The summed E-state index contributed by atoms with van der Waals surface area (Å²) in [4.78, 5) is 0. The van der Waals surface area contributed by atoms with Crippen LogP contribution < -0.4 is 0 Å². The van der Waals surface area contributed by atoms with Gasteiger partial charge in [-0.05, 0) is 50.9 Å². The smallest absolute Gasteiger partial charge is 0.0456 e. The Labute approximate surface area is 137 Å². The molecule has 124 valence electrons. The van der Waals surface area contributed by atoms with E-state index in [9.17, 15) is 0 Å². The van der Waals surface area contributed by atoms with Gasteiger partial charge in [-0.2, -0.15) is 0 Å². The molecule has 0 saturated carbocycles. The quantitative estimate of drug-likeness (QED) is 0.405. The van der Waals surface area contributed by atoms with Gasteiger partial charge in [0.2, 0.25) is 0 Å². The van der Waals surface area contributed by atoms with Crippen LogP contribution >= 0.6 is 0 Å². The van der Waals surface area contributed by atoms with Crippen LogP contribution in [0.5, 0.6) is 0 Å². The lowest BCUT2D eigenvalue weighted by Crippen LogP contribution is -1.98. The molecular weight excluding hydrogens is 268 g/mol. The Morgan fingerprint density at radius 2 is 1.09 bits per heavy atom. The molecule has 0 aromatic rings. The Balaban J connectivity index is 3.48. The minimum Gasteiger partial charge on any atom is -0.396 e. The third-order valence-corrected chi connectivity index (χ3v) is 3.30. The topological polar surface area (TPSA) is 20.2 Å². The van der Waals surface area contributed by atoms with Crippen molar-refractivity contribution in [3.8, 4) is 0 Å². The summed E-state index contributed by atoms with van der Waals surface area (Å²) >= 11 is 0. The summed E-state index contributed by atoms with van der Waals surface area (Å²) in [5.41, 5.74) is 0. The fourth-order valence-electron chi connectivity index (χ4n) is 1.84. The summed E-state index contributed by atoms with van der Waals surface area (Å²) in [6.45, 7) is 4.53. The summed E-state index contributed by atoms with van der Waals surface area (Å²) in [5.74, 6) is 0.419. The molecule has 22 heavy (non-hydrogen) atoms. The Morgan fingerprint density at radius 3 is 1.50 bits per heavy atom. The lowest BCUT2D eigenvalue weighted by molar-refractivity contribution is 0.231. The third-order valence-electron chi connectivity index (χ3n) is 3.30. The van der Waals surface area contributed by atoms with Gasteiger partial charge >= 0.3 is 0 Å². The van der Waals surface area contributed by atoms with E-state index >= 15 is 0 Å². The summed E-state index contributed by atoms with van der Waals surface area (Å²) in [6, 6.07) is 0. The van der Waals surface area contributed by atoms with Crippen LogP contribution in [-0.2, 0) is 0 Å². The molecular formula is C21H34O. The maximum Gasteiger partial charge on any atom is 0.0456 e. The zero-order valence-corrected chi connectivity index (χ0v) is 14.5. The first-order valence-corrected chi connectivity index (χ1v) is 8.67. The number of hydrogen-bond donors (Lipinski definition) is 1. The van der Waals surface area contributed by atoms with Crippen LogP contribution in [0.2, 0.25) is 0 Å². The number of hydrogen-bond acceptors (Lipinski definition) is 1. The highest BCUT2D eigenvalue weighted by Crippen LogP contribution is 2.05. The average Bonchev–Trinajstić information content (AvgIpc) is 2.54. The highest BCUT2D eigenvalue weighted by molar-refractivity contribution is 5.00. The molecule has 0 radical (unpaired) electrons. The number of aliphatic hydroxyl groups is 1. The van der Waals surface area contributed by atoms with Crippen molar-refractivity contribution < 1.29 is 5.11 Å². The maximum absolute atomic E-state index is 8.91. The molecule has 0 bridgehead atoms. The van der Waals surface area contributed by atoms with E-state index in [1.807, 2.05) is 0 Å². The van der Waals surface area contributed by atoms with E-state index in [0.29, 0.717) is 12.5 Å². The van der Waals surface area contributed by atoms with Crippen molar-refractivity contribution in [3.63, 3.8) is 0 Å². The summed E-state index contributed by atoms with van der Waals surface area (Å²) in [5, 5.41) is 8.91. The van der Waals surface area contributed by atoms with Gasteiger partial charge in [-0.1, -0.05) is 74.6 Å². The first-order chi connectivity index (χ1) is 10.8. The third kappa shape index (κ3) is 16.7. The van der Waals surface area contributed by atoms with Gasteiger partial charge < -0.3 is 5.11 Å². The average molecular weight is 303 g/mol. The van der Waals surface area contributed by atoms with Gasteiger partial charge in [-0.25, -0.2) is 0 Å². The predicted molar refractivity (Wildman–Crippen MR) is 99.9 cm³/mol. The molecule has 0 heterocycles. The monoisotopic (exact) mass is 302 g/mol. The highest BCUT2D eigenvalue weighted by atomic mass is 16.3. The molecule has 0 spiro atoms. The second-order valence-electron chi connectivity index (χ2n) is 5.57. The molecule has 0 aromatic heterocycles. The van der Waals surface area contributed by atoms with E-state index in [-0.39, 0.29) is 0 Å². The minimum absolute atomic E-state index is 0.296. The first-order valence-electron chi connectivity index (χ1n) is 8.67. The number of rotatable bonds is 13. The Morgan fingerprint density at radius 1 is 0.682 bits per heavy atom. The van der Waals surface area contributed by atoms with Crippen molar-refractivity contribution in [1.82, 2.24) is 0 Å². The number of allylic oxidation sites excluding steroid dienone is 10. The fourth-order valence-corrected chi connectivity index (χ4v) is 1.84. The molecule has 1 nitrogen and oxygen atoms in total. The van der Waals surface area contributed by atoms with E-state index in [4.69, 9.17) is 5.11 Å². The standard InChI is InChI=1S/C21H34O/c1-3-4-5-6-7-8-9-10-11-12-13-14-15-16-17-18-19-21(2)20-22/h4-5,7-8,10-11,13-14,16-17,21-22H,3,6,9,12,15,18-20H2,1-2H3/b5-4-,8-7-,11-10-,14-13-,17-16-. The molecule has 1 unspecified atom stereocenters. The molecule has 0 aromatic carbocycles. The highest BCUT2D eigenvalue weighted by Gasteiger charge is 1.95. The van der Waals surface area contributed by atoms with E-state index < -0.39 is 0 Å². The number of aliphatic hydroxyl groups excluding tert-OH is 1. The second kappa shape index (κ2) is 17.7. The summed E-state index contributed by atoms with van der Waals surface area (Å²) in [7, 11) is 0. The van der Waals surface area contributed by atoms with Crippen LogP contribution in [0, 0.1) is 5.92 Å². The van der Waals surface area contributed by atoms with Crippen LogP contribution in [-0.4, -0.2) is 11.7 Å². The van der Waals surface area contributed by atoms with Gasteiger partial charge in [0.05, 0.1) is 0 Å². The summed E-state index contributed by atoms with van der Waals surface area (Å²) < 4.78 is 0. The maximum atomic E-state index is 8.91. The molecule has 0 amide bonds. The van der Waals surface area contributed by atoms with Gasteiger partial charge in [-0.15, -0.1) is 0 Å². The molecule has 1 heteroatoms.